The van der Waals surface area contributed by atoms with Crippen molar-refractivity contribution in [2.24, 2.45) is 0 Å². The number of nitrogens with zero attached hydrogens (tertiary/aromatic N) is 2. The number of pyridine rings is 1. The maximum absolute atomic E-state index is 12.5. The Bertz CT molecular complexity index is 625. The van der Waals surface area contributed by atoms with Gasteiger partial charge in [-0.1, -0.05) is 6.07 Å². The molecule has 1 atom stereocenters. The highest BCUT2D eigenvalue weighted by Gasteiger charge is 2.16. The third kappa shape index (κ3) is 3.51. The first kappa shape index (κ1) is 14.8. The van der Waals surface area contributed by atoms with Crippen molar-refractivity contribution in [3.63, 3.8) is 0 Å². The van der Waals surface area contributed by atoms with Crippen LogP contribution in [0.5, 0.6) is 0 Å². The lowest BCUT2D eigenvalue weighted by Crippen LogP contribution is -2.29. The predicted octanol–water partition coefficient (Wildman–Crippen LogP) is 2.22. The lowest BCUT2D eigenvalue weighted by Gasteiger charge is -2.19. The van der Waals surface area contributed by atoms with E-state index < -0.39 is 0 Å². The summed E-state index contributed by atoms with van der Waals surface area (Å²) in [5.41, 5.74) is 8.57. The Morgan fingerprint density at radius 2 is 2.05 bits per heavy atom. The van der Waals surface area contributed by atoms with Crippen molar-refractivity contribution in [3.05, 3.63) is 53.9 Å². The quantitative estimate of drug-likeness (QED) is 0.845. The Morgan fingerprint density at radius 1 is 1.29 bits per heavy atom. The summed E-state index contributed by atoms with van der Waals surface area (Å²) in [5.74, 6) is -0.163. The van der Waals surface area contributed by atoms with E-state index in [1.54, 1.807) is 18.3 Å². The van der Waals surface area contributed by atoms with Crippen molar-refractivity contribution in [1.82, 2.24) is 10.3 Å². The highest BCUT2D eigenvalue weighted by Crippen LogP contribution is 2.22. The minimum Gasteiger partial charge on any atom is -0.399 e. The van der Waals surface area contributed by atoms with Gasteiger partial charge in [0, 0.05) is 31.7 Å². The molecule has 5 heteroatoms. The van der Waals surface area contributed by atoms with E-state index in [0.29, 0.717) is 11.3 Å². The Kier molecular flexibility index (Phi) is 4.42. The molecule has 1 aromatic carbocycles. The number of anilines is 2. The second kappa shape index (κ2) is 6.26. The van der Waals surface area contributed by atoms with Crippen molar-refractivity contribution in [2.45, 2.75) is 13.0 Å². The van der Waals surface area contributed by atoms with E-state index in [2.05, 4.69) is 10.3 Å². The molecule has 110 valence electrons. The molecule has 0 aliphatic heterocycles. The fourth-order valence-electron chi connectivity index (χ4n) is 2.11. The van der Waals surface area contributed by atoms with Gasteiger partial charge >= 0.3 is 0 Å². The molecule has 0 fully saturated rings. The van der Waals surface area contributed by atoms with Gasteiger partial charge in [-0.15, -0.1) is 0 Å². The summed E-state index contributed by atoms with van der Waals surface area (Å²) in [5, 5.41) is 2.95. The first-order valence-corrected chi connectivity index (χ1v) is 6.77. The average Bonchev–Trinajstić information content (AvgIpc) is 2.47. The van der Waals surface area contributed by atoms with Crippen molar-refractivity contribution < 1.29 is 4.79 Å². The Hall–Kier alpha value is -2.56. The van der Waals surface area contributed by atoms with Crippen LogP contribution in [0.15, 0.2) is 42.6 Å². The van der Waals surface area contributed by atoms with Gasteiger partial charge in [-0.3, -0.25) is 9.78 Å². The highest BCUT2D eigenvalue weighted by atomic mass is 16.1. The summed E-state index contributed by atoms with van der Waals surface area (Å²) in [6.45, 7) is 1.90. The third-order valence-corrected chi connectivity index (χ3v) is 3.23. The van der Waals surface area contributed by atoms with E-state index in [9.17, 15) is 4.79 Å². The summed E-state index contributed by atoms with van der Waals surface area (Å²) in [6.07, 6.45) is 1.71. The molecule has 0 radical (unpaired) electrons. The number of nitrogen functional groups attached to an aromatic ring is 1. The number of nitrogens with two attached hydrogens (primary N) is 1. The molecular weight excluding hydrogens is 264 g/mol. The Labute approximate surface area is 124 Å². The third-order valence-electron chi connectivity index (χ3n) is 3.23. The van der Waals surface area contributed by atoms with Gasteiger partial charge in [-0.05, 0) is 37.3 Å². The number of hydrogen-bond acceptors (Lipinski definition) is 4. The van der Waals surface area contributed by atoms with E-state index in [0.717, 1.165) is 11.4 Å². The number of rotatable bonds is 4. The molecule has 0 spiro atoms. The number of carbonyl (C=O) groups is 1. The van der Waals surface area contributed by atoms with Crippen molar-refractivity contribution in [2.75, 3.05) is 24.7 Å². The molecule has 2 aromatic rings. The van der Waals surface area contributed by atoms with Crippen LogP contribution in [0.25, 0.3) is 0 Å². The number of carbonyl (C=O) groups excluding carboxylic acids is 1. The summed E-state index contributed by atoms with van der Waals surface area (Å²) in [4.78, 5) is 18.6. The molecule has 3 N–H and O–H groups in total. The van der Waals surface area contributed by atoms with E-state index in [1.807, 2.05) is 50.2 Å². The fourth-order valence-corrected chi connectivity index (χ4v) is 2.11. The SMILES string of the molecule is CC(NC(=O)c1cc(N)ccc1N(C)C)c1ccccn1. The van der Waals surface area contributed by atoms with Gasteiger partial charge < -0.3 is 16.0 Å². The highest BCUT2D eigenvalue weighted by molar-refractivity contribution is 6.00. The lowest BCUT2D eigenvalue weighted by atomic mass is 10.1. The summed E-state index contributed by atoms with van der Waals surface area (Å²) >= 11 is 0. The molecule has 1 aromatic heterocycles. The molecule has 0 saturated heterocycles. The van der Waals surface area contributed by atoms with Crippen LogP contribution in [0.4, 0.5) is 11.4 Å². The molecule has 0 aliphatic carbocycles. The van der Waals surface area contributed by atoms with Crippen LogP contribution in [-0.4, -0.2) is 25.0 Å². The Balaban J connectivity index is 2.23. The van der Waals surface area contributed by atoms with Crippen LogP contribution in [0.1, 0.15) is 29.0 Å². The van der Waals surface area contributed by atoms with Gasteiger partial charge in [0.15, 0.2) is 0 Å². The van der Waals surface area contributed by atoms with Gasteiger partial charge in [0.25, 0.3) is 5.91 Å². The standard InChI is InChI=1S/C16H20N4O/c1-11(14-6-4-5-9-18-14)19-16(21)13-10-12(17)7-8-15(13)20(2)3/h4-11H,17H2,1-3H3,(H,19,21). The number of hydrogen-bond donors (Lipinski definition) is 2. The zero-order chi connectivity index (χ0) is 15.4. The first-order valence-electron chi connectivity index (χ1n) is 6.77. The van der Waals surface area contributed by atoms with Crippen molar-refractivity contribution >= 4 is 17.3 Å². The summed E-state index contributed by atoms with van der Waals surface area (Å²) < 4.78 is 0. The molecule has 0 bridgehead atoms. The van der Waals surface area contributed by atoms with Crippen LogP contribution in [0.2, 0.25) is 0 Å². The van der Waals surface area contributed by atoms with E-state index in [1.165, 1.54) is 0 Å². The molecular formula is C16H20N4O. The van der Waals surface area contributed by atoms with E-state index in [-0.39, 0.29) is 11.9 Å². The molecule has 21 heavy (non-hydrogen) atoms. The van der Waals surface area contributed by atoms with Crippen LogP contribution in [0, 0.1) is 0 Å². The van der Waals surface area contributed by atoms with Crippen LogP contribution < -0.4 is 16.0 Å². The maximum Gasteiger partial charge on any atom is 0.253 e. The second-order valence-electron chi connectivity index (χ2n) is 5.12. The number of benzene rings is 1. The van der Waals surface area contributed by atoms with Gasteiger partial charge in [0.2, 0.25) is 0 Å². The van der Waals surface area contributed by atoms with Gasteiger partial charge in [-0.25, -0.2) is 0 Å². The van der Waals surface area contributed by atoms with Crippen molar-refractivity contribution in [3.8, 4) is 0 Å². The second-order valence-corrected chi connectivity index (χ2v) is 5.12. The minimum absolute atomic E-state index is 0.163. The fraction of sp³-hybridized carbons (Fsp3) is 0.250. The Morgan fingerprint density at radius 3 is 2.67 bits per heavy atom. The van der Waals surface area contributed by atoms with Gasteiger partial charge in [-0.2, -0.15) is 0 Å². The molecule has 5 nitrogen and oxygen atoms in total. The summed E-state index contributed by atoms with van der Waals surface area (Å²) in [6, 6.07) is 10.8. The van der Waals surface area contributed by atoms with Crippen molar-refractivity contribution in [1.29, 1.82) is 0 Å². The lowest BCUT2D eigenvalue weighted by molar-refractivity contribution is 0.0939. The van der Waals surface area contributed by atoms with Crippen LogP contribution in [0.3, 0.4) is 0 Å². The molecule has 1 amide bonds. The van der Waals surface area contributed by atoms with E-state index >= 15 is 0 Å². The van der Waals surface area contributed by atoms with Crippen LogP contribution in [-0.2, 0) is 0 Å². The number of amides is 1. The molecule has 0 saturated carbocycles. The van der Waals surface area contributed by atoms with E-state index in [4.69, 9.17) is 5.73 Å². The first-order chi connectivity index (χ1) is 9.99. The zero-order valence-electron chi connectivity index (χ0n) is 12.5. The summed E-state index contributed by atoms with van der Waals surface area (Å²) in [7, 11) is 3.79. The normalized spacial score (nSPS) is 11.8. The van der Waals surface area contributed by atoms with Gasteiger partial charge in [0.1, 0.15) is 0 Å². The zero-order valence-corrected chi connectivity index (χ0v) is 12.5. The molecule has 1 unspecified atom stereocenters. The predicted molar refractivity (Wildman–Crippen MR) is 85.3 cm³/mol. The monoisotopic (exact) mass is 284 g/mol. The number of aromatic nitrogens is 1. The molecule has 0 aliphatic rings. The molecule has 2 rings (SSSR count). The topological polar surface area (TPSA) is 71.2 Å². The average molecular weight is 284 g/mol. The maximum atomic E-state index is 12.5. The van der Waals surface area contributed by atoms with Gasteiger partial charge in [0.05, 0.1) is 17.3 Å². The largest absolute Gasteiger partial charge is 0.399 e. The molecule has 1 heterocycles. The number of nitrogens with one attached hydrogen (secondary N) is 1. The minimum atomic E-state index is -0.171. The van der Waals surface area contributed by atoms with Crippen LogP contribution >= 0.6 is 0 Å². The smallest absolute Gasteiger partial charge is 0.253 e.